The van der Waals surface area contributed by atoms with E-state index in [0.717, 1.165) is 13.1 Å². The van der Waals surface area contributed by atoms with Crippen molar-refractivity contribution in [3.05, 3.63) is 34.6 Å². The summed E-state index contributed by atoms with van der Waals surface area (Å²) in [5.74, 6) is -0.176. The first kappa shape index (κ1) is 12.8. The van der Waals surface area contributed by atoms with Crippen molar-refractivity contribution in [1.29, 1.82) is 0 Å². The van der Waals surface area contributed by atoms with Gasteiger partial charge in [0, 0.05) is 18.0 Å². The van der Waals surface area contributed by atoms with Crippen LogP contribution in [0.3, 0.4) is 0 Å². The van der Waals surface area contributed by atoms with Crippen LogP contribution in [0.1, 0.15) is 18.9 Å². The van der Waals surface area contributed by atoms with E-state index in [1.165, 1.54) is 12.1 Å². The maximum Gasteiger partial charge on any atom is 0.123 e. The zero-order chi connectivity index (χ0) is 12.5. The third kappa shape index (κ3) is 2.79. The van der Waals surface area contributed by atoms with Gasteiger partial charge in [-0.25, -0.2) is 4.39 Å². The number of rotatable bonds is 2. The standard InChI is InChI=1S/C13H17ClFNO/c1-9-8-16-5-4-13(9,17)7-10-6-11(15)2-3-12(10)14/h2-3,6,9,16-17H,4-5,7-8H2,1H3. The molecule has 1 aromatic carbocycles. The molecule has 2 rings (SSSR count). The summed E-state index contributed by atoms with van der Waals surface area (Å²) < 4.78 is 13.2. The van der Waals surface area contributed by atoms with Gasteiger partial charge in [-0.3, -0.25) is 0 Å². The maximum absolute atomic E-state index is 13.2. The van der Waals surface area contributed by atoms with Gasteiger partial charge in [0.25, 0.3) is 0 Å². The van der Waals surface area contributed by atoms with Gasteiger partial charge >= 0.3 is 0 Å². The van der Waals surface area contributed by atoms with Crippen LogP contribution < -0.4 is 5.32 Å². The number of nitrogens with one attached hydrogen (secondary N) is 1. The second-order valence-corrected chi connectivity index (χ2v) is 5.28. The van der Waals surface area contributed by atoms with Crippen molar-refractivity contribution in [3.8, 4) is 0 Å². The normalized spacial score (nSPS) is 29.3. The number of aliphatic hydroxyl groups is 1. The van der Waals surface area contributed by atoms with Gasteiger partial charge in [0.15, 0.2) is 0 Å². The van der Waals surface area contributed by atoms with Crippen molar-refractivity contribution in [3.63, 3.8) is 0 Å². The van der Waals surface area contributed by atoms with Gasteiger partial charge in [-0.2, -0.15) is 0 Å². The van der Waals surface area contributed by atoms with Crippen LogP contribution in [0, 0.1) is 11.7 Å². The molecule has 2 atom stereocenters. The summed E-state index contributed by atoms with van der Waals surface area (Å²) in [5, 5.41) is 14.3. The highest BCUT2D eigenvalue weighted by Crippen LogP contribution is 2.31. The summed E-state index contributed by atoms with van der Waals surface area (Å²) >= 11 is 6.03. The SMILES string of the molecule is CC1CNCCC1(O)Cc1cc(F)ccc1Cl. The molecule has 0 amide bonds. The van der Waals surface area contributed by atoms with Gasteiger partial charge in [0.2, 0.25) is 0 Å². The van der Waals surface area contributed by atoms with E-state index in [1.807, 2.05) is 6.92 Å². The molecular weight excluding hydrogens is 241 g/mol. The predicted molar refractivity (Wildman–Crippen MR) is 66.7 cm³/mol. The van der Waals surface area contributed by atoms with Crippen molar-refractivity contribution in [2.45, 2.75) is 25.4 Å². The molecule has 17 heavy (non-hydrogen) atoms. The Morgan fingerprint density at radius 3 is 3.06 bits per heavy atom. The average Bonchev–Trinajstić information content (AvgIpc) is 2.28. The van der Waals surface area contributed by atoms with Gasteiger partial charge < -0.3 is 10.4 Å². The number of halogens is 2. The molecule has 1 fully saturated rings. The first-order valence-corrected chi connectivity index (χ1v) is 6.26. The Labute approximate surface area is 106 Å². The maximum atomic E-state index is 13.2. The second kappa shape index (κ2) is 4.92. The molecule has 2 N–H and O–H groups in total. The molecular formula is C13H17ClFNO. The lowest BCUT2D eigenvalue weighted by Crippen LogP contribution is -2.50. The molecule has 1 heterocycles. The molecule has 0 radical (unpaired) electrons. The lowest BCUT2D eigenvalue weighted by atomic mass is 9.78. The number of benzene rings is 1. The predicted octanol–water partition coefficient (Wildman–Crippen LogP) is 2.38. The molecule has 0 aliphatic carbocycles. The van der Waals surface area contributed by atoms with E-state index in [0.29, 0.717) is 23.4 Å². The molecule has 0 spiro atoms. The van der Waals surface area contributed by atoms with Crippen molar-refractivity contribution >= 4 is 11.6 Å². The van der Waals surface area contributed by atoms with Crippen LogP contribution in [0.25, 0.3) is 0 Å². The van der Waals surface area contributed by atoms with E-state index in [4.69, 9.17) is 11.6 Å². The lowest BCUT2D eigenvalue weighted by molar-refractivity contribution is -0.0329. The van der Waals surface area contributed by atoms with Crippen LogP contribution in [0.5, 0.6) is 0 Å². The van der Waals surface area contributed by atoms with Gasteiger partial charge in [-0.15, -0.1) is 0 Å². The van der Waals surface area contributed by atoms with Crippen molar-refractivity contribution < 1.29 is 9.50 Å². The molecule has 1 saturated heterocycles. The van der Waals surface area contributed by atoms with Crippen LogP contribution in [-0.2, 0) is 6.42 Å². The Kier molecular flexibility index (Phi) is 3.71. The second-order valence-electron chi connectivity index (χ2n) is 4.87. The zero-order valence-corrected chi connectivity index (χ0v) is 10.6. The number of hydrogen-bond donors (Lipinski definition) is 2. The summed E-state index contributed by atoms with van der Waals surface area (Å²) in [6.07, 6.45) is 1.08. The fourth-order valence-electron chi connectivity index (χ4n) is 2.33. The summed E-state index contributed by atoms with van der Waals surface area (Å²) in [6.45, 7) is 3.57. The van der Waals surface area contributed by atoms with E-state index >= 15 is 0 Å². The Morgan fingerprint density at radius 2 is 2.35 bits per heavy atom. The Bertz CT molecular complexity index is 412. The molecule has 0 saturated carbocycles. The molecule has 1 aliphatic rings. The molecule has 1 aliphatic heterocycles. The molecule has 0 bridgehead atoms. The van der Waals surface area contributed by atoms with E-state index in [2.05, 4.69) is 5.32 Å². The first-order chi connectivity index (χ1) is 8.01. The molecule has 0 aromatic heterocycles. The third-order valence-electron chi connectivity index (χ3n) is 3.61. The van der Waals surface area contributed by atoms with Crippen LogP contribution in [0.4, 0.5) is 4.39 Å². The lowest BCUT2D eigenvalue weighted by Gasteiger charge is -2.39. The number of piperidine rings is 1. The Balaban J connectivity index is 2.21. The fourth-order valence-corrected chi connectivity index (χ4v) is 2.52. The minimum Gasteiger partial charge on any atom is -0.389 e. The van der Waals surface area contributed by atoms with Gasteiger partial charge in [0.05, 0.1) is 5.60 Å². The van der Waals surface area contributed by atoms with Crippen molar-refractivity contribution in [2.75, 3.05) is 13.1 Å². The summed E-state index contributed by atoms with van der Waals surface area (Å²) in [7, 11) is 0. The van der Waals surface area contributed by atoms with Crippen molar-refractivity contribution in [2.24, 2.45) is 5.92 Å². The van der Waals surface area contributed by atoms with Crippen LogP contribution in [-0.4, -0.2) is 23.8 Å². The van der Waals surface area contributed by atoms with E-state index < -0.39 is 5.60 Å². The Morgan fingerprint density at radius 1 is 1.59 bits per heavy atom. The van der Waals surface area contributed by atoms with Crippen molar-refractivity contribution in [1.82, 2.24) is 5.32 Å². The molecule has 2 nitrogen and oxygen atoms in total. The topological polar surface area (TPSA) is 32.3 Å². The Hall–Kier alpha value is -0.640. The fraction of sp³-hybridized carbons (Fsp3) is 0.538. The molecule has 94 valence electrons. The highest BCUT2D eigenvalue weighted by Gasteiger charge is 2.36. The van der Waals surface area contributed by atoms with Gasteiger partial charge in [-0.1, -0.05) is 18.5 Å². The molecule has 4 heteroatoms. The quantitative estimate of drug-likeness (QED) is 0.853. The molecule has 1 aromatic rings. The monoisotopic (exact) mass is 257 g/mol. The van der Waals surface area contributed by atoms with E-state index in [-0.39, 0.29) is 11.7 Å². The highest BCUT2D eigenvalue weighted by molar-refractivity contribution is 6.31. The summed E-state index contributed by atoms with van der Waals surface area (Å²) in [6, 6.07) is 4.29. The van der Waals surface area contributed by atoms with Gasteiger partial charge in [0.1, 0.15) is 5.82 Å². The van der Waals surface area contributed by atoms with E-state index in [9.17, 15) is 9.50 Å². The largest absolute Gasteiger partial charge is 0.389 e. The summed E-state index contributed by atoms with van der Waals surface area (Å²) in [5.41, 5.74) is -0.106. The summed E-state index contributed by atoms with van der Waals surface area (Å²) in [4.78, 5) is 0. The van der Waals surface area contributed by atoms with E-state index in [1.54, 1.807) is 6.07 Å². The van der Waals surface area contributed by atoms with Crippen LogP contribution >= 0.6 is 11.6 Å². The van der Waals surface area contributed by atoms with Crippen LogP contribution in [0.2, 0.25) is 5.02 Å². The average molecular weight is 258 g/mol. The highest BCUT2D eigenvalue weighted by atomic mass is 35.5. The third-order valence-corrected chi connectivity index (χ3v) is 3.98. The first-order valence-electron chi connectivity index (χ1n) is 5.88. The smallest absolute Gasteiger partial charge is 0.123 e. The van der Waals surface area contributed by atoms with Gasteiger partial charge in [-0.05, 0) is 42.6 Å². The minimum atomic E-state index is -0.789. The van der Waals surface area contributed by atoms with Crippen LogP contribution in [0.15, 0.2) is 18.2 Å². The minimum absolute atomic E-state index is 0.135. The zero-order valence-electron chi connectivity index (χ0n) is 9.84. The number of hydrogen-bond acceptors (Lipinski definition) is 2. The molecule has 2 unspecified atom stereocenters.